The molecule has 0 aliphatic rings. The monoisotopic (exact) mass is 293 g/mol. The number of carbonyl (C=O) groups excluding carboxylic acids is 2. The second-order valence-electron chi connectivity index (χ2n) is 4.36. The van der Waals surface area contributed by atoms with Crippen molar-refractivity contribution in [2.24, 2.45) is 0 Å². The van der Waals surface area contributed by atoms with Crippen LogP contribution in [0.3, 0.4) is 0 Å². The number of aryl methyl sites for hydroxylation is 3. The average molecular weight is 293 g/mol. The number of anilines is 1. The van der Waals surface area contributed by atoms with Gasteiger partial charge in [-0.25, -0.2) is 4.79 Å². The molecule has 1 N–H and O–H groups in total. The molecule has 0 spiro atoms. The number of amides is 1. The number of aromatic nitrogens is 2. The molecule has 0 atom stereocenters. The number of ether oxygens (including phenoxy) is 1. The molecule has 0 aromatic carbocycles. The molecule has 0 radical (unpaired) electrons. The first-order valence-corrected chi connectivity index (χ1v) is 6.36. The molecule has 112 valence electrons. The van der Waals surface area contributed by atoms with Gasteiger partial charge in [-0.3, -0.25) is 4.79 Å². The van der Waals surface area contributed by atoms with E-state index in [1.807, 2.05) is 6.92 Å². The van der Waals surface area contributed by atoms with Crippen molar-refractivity contribution in [3.8, 4) is 0 Å². The van der Waals surface area contributed by atoms with E-state index in [4.69, 9.17) is 13.8 Å². The zero-order valence-electron chi connectivity index (χ0n) is 11.9. The molecule has 2 rings (SSSR count). The van der Waals surface area contributed by atoms with Crippen LogP contribution in [0.4, 0.5) is 5.82 Å². The second kappa shape index (κ2) is 6.21. The normalized spacial score (nSPS) is 10.4. The minimum Gasteiger partial charge on any atom is -0.452 e. The van der Waals surface area contributed by atoms with Crippen LogP contribution in [0, 0.1) is 13.8 Å². The standard InChI is InChI=1S/C13H15N3O5/c1-4-9-12(8(3)21-15-9)13(18)19-6-11(17)14-10-5-7(2)20-16-10/h5H,4,6H2,1-3H3,(H,14,16,17). The van der Waals surface area contributed by atoms with Crippen molar-refractivity contribution in [3.05, 3.63) is 28.8 Å². The Morgan fingerprint density at radius 1 is 1.29 bits per heavy atom. The van der Waals surface area contributed by atoms with Crippen molar-refractivity contribution in [2.45, 2.75) is 27.2 Å². The number of carbonyl (C=O) groups is 2. The summed E-state index contributed by atoms with van der Waals surface area (Å²) in [4.78, 5) is 23.6. The minimum absolute atomic E-state index is 0.266. The van der Waals surface area contributed by atoms with E-state index in [2.05, 4.69) is 15.6 Å². The van der Waals surface area contributed by atoms with Gasteiger partial charge in [0.2, 0.25) is 0 Å². The first kappa shape index (κ1) is 14.8. The molecule has 0 unspecified atom stereocenters. The molecule has 0 bridgehead atoms. The molecule has 8 nitrogen and oxygen atoms in total. The van der Waals surface area contributed by atoms with Crippen LogP contribution in [0.1, 0.15) is 34.5 Å². The van der Waals surface area contributed by atoms with E-state index in [9.17, 15) is 9.59 Å². The third-order valence-corrected chi connectivity index (χ3v) is 2.70. The molecule has 0 saturated heterocycles. The summed E-state index contributed by atoms with van der Waals surface area (Å²) in [6.07, 6.45) is 0.534. The number of nitrogens with zero attached hydrogens (tertiary/aromatic N) is 2. The van der Waals surface area contributed by atoms with E-state index in [1.165, 1.54) is 0 Å². The second-order valence-corrected chi connectivity index (χ2v) is 4.36. The van der Waals surface area contributed by atoms with Crippen LogP contribution in [-0.4, -0.2) is 28.8 Å². The zero-order valence-corrected chi connectivity index (χ0v) is 11.9. The largest absolute Gasteiger partial charge is 0.452 e. The number of hydrogen-bond donors (Lipinski definition) is 1. The van der Waals surface area contributed by atoms with Crippen molar-refractivity contribution < 1.29 is 23.4 Å². The van der Waals surface area contributed by atoms with E-state index in [0.717, 1.165) is 0 Å². The molecular weight excluding hydrogens is 278 g/mol. The summed E-state index contributed by atoms with van der Waals surface area (Å²) in [6, 6.07) is 1.55. The maximum absolute atomic E-state index is 11.9. The van der Waals surface area contributed by atoms with Gasteiger partial charge in [-0.1, -0.05) is 17.2 Å². The fourth-order valence-electron chi connectivity index (χ4n) is 1.73. The number of nitrogens with one attached hydrogen (secondary N) is 1. The molecule has 0 aliphatic heterocycles. The van der Waals surface area contributed by atoms with Crippen molar-refractivity contribution in [2.75, 3.05) is 11.9 Å². The van der Waals surface area contributed by atoms with E-state index in [1.54, 1.807) is 19.9 Å². The van der Waals surface area contributed by atoms with Crippen molar-refractivity contribution in [1.82, 2.24) is 10.3 Å². The number of esters is 1. The fourth-order valence-corrected chi connectivity index (χ4v) is 1.73. The summed E-state index contributed by atoms with van der Waals surface area (Å²) >= 11 is 0. The van der Waals surface area contributed by atoms with Gasteiger partial charge in [0.1, 0.15) is 17.1 Å². The lowest BCUT2D eigenvalue weighted by molar-refractivity contribution is -0.119. The van der Waals surface area contributed by atoms with E-state index in [-0.39, 0.29) is 11.4 Å². The van der Waals surface area contributed by atoms with Crippen LogP contribution in [0.5, 0.6) is 0 Å². The molecule has 0 fully saturated rings. The average Bonchev–Trinajstić information content (AvgIpc) is 3.02. The van der Waals surface area contributed by atoms with Gasteiger partial charge in [0, 0.05) is 6.07 Å². The van der Waals surface area contributed by atoms with Gasteiger partial charge in [0.15, 0.2) is 12.4 Å². The number of rotatable bonds is 5. The summed E-state index contributed by atoms with van der Waals surface area (Å²) in [7, 11) is 0. The lowest BCUT2D eigenvalue weighted by Gasteiger charge is -2.04. The topological polar surface area (TPSA) is 107 Å². The predicted molar refractivity (Wildman–Crippen MR) is 70.8 cm³/mol. The van der Waals surface area contributed by atoms with E-state index in [0.29, 0.717) is 23.6 Å². The van der Waals surface area contributed by atoms with Crippen LogP contribution in [0.25, 0.3) is 0 Å². The van der Waals surface area contributed by atoms with Gasteiger partial charge in [0.05, 0.1) is 5.69 Å². The first-order valence-electron chi connectivity index (χ1n) is 6.36. The van der Waals surface area contributed by atoms with Crippen molar-refractivity contribution >= 4 is 17.7 Å². The smallest absolute Gasteiger partial charge is 0.344 e. The number of hydrogen-bond acceptors (Lipinski definition) is 7. The van der Waals surface area contributed by atoms with Gasteiger partial charge in [-0.15, -0.1) is 0 Å². The van der Waals surface area contributed by atoms with Crippen LogP contribution in [-0.2, 0) is 16.0 Å². The highest BCUT2D eigenvalue weighted by molar-refractivity contribution is 5.95. The molecule has 21 heavy (non-hydrogen) atoms. The highest BCUT2D eigenvalue weighted by atomic mass is 16.5. The molecule has 2 aromatic rings. The lowest BCUT2D eigenvalue weighted by Crippen LogP contribution is -2.21. The summed E-state index contributed by atoms with van der Waals surface area (Å²) in [6.45, 7) is 4.72. The van der Waals surface area contributed by atoms with Crippen molar-refractivity contribution in [3.63, 3.8) is 0 Å². The summed E-state index contributed by atoms with van der Waals surface area (Å²) in [5, 5.41) is 9.80. The Hall–Kier alpha value is -2.64. The lowest BCUT2D eigenvalue weighted by atomic mass is 10.1. The highest BCUT2D eigenvalue weighted by Gasteiger charge is 2.21. The van der Waals surface area contributed by atoms with E-state index >= 15 is 0 Å². The maximum atomic E-state index is 11.9. The summed E-state index contributed by atoms with van der Waals surface area (Å²) in [5.41, 5.74) is 0.771. The van der Waals surface area contributed by atoms with Gasteiger partial charge >= 0.3 is 5.97 Å². The quantitative estimate of drug-likeness (QED) is 0.835. The third kappa shape index (κ3) is 3.47. The Bertz CT molecular complexity index is 659. The highest BCUT2D eigenvalue weighted by Crippen LogP contribution is 2.15. The van der Waals surface area contributed by atoms with Gasteiger partial charge in [-0.2, -0.15) is 0 Å². The van der Waals surface area contributed by atoms with Crippen LogP contribution >= 0.6 is 0 Å². The predicted octanol–water partition coefficient (Wildman–Crippen LogP) is 1.64. The molecule has 2 aromatic heterocycles. The summed E-state index contributed by atoms with van der Waals surface area (Å²) < 4.78 is 14.7. The first-order chi connectivity index (χ1) is 10.0. The molecule has 2 heterocycles. The van der Waals surface area contributed by atoms with Gasteiger partial charge < -0.3 is 19.1 Å². The third-order valence-electron chi connectivity index (χ3n) is 2.70. The van der Waals surface area contributed by atoms with Crippen LogP contribution in [0.2, 0.25) is 0 Å². The van der Waals surface area contributed by atoms with Crippen LogP contribution < -0.4 is 5.32 Å². The molecular formula is C13H15N3O5. The zero-order chi connectivity index (χ0) is 15.4. The Morgan fingerprint density at radius 2 is 2.05 bits per heavy atom. The maximum Gasteiger partial charge on any atom is 0.344 e. The molecule has 1 amide bonds. The Kier molecular flexibility index (Phi) is 4.36. The van der Waals surface area contributed by atoms with Crippen LogP contribution in [0.15, 0.2) is 15.1 Å². The Labute approximate surface area is 120 Å². The van der Waals surface area contributed by atoms with Gasteiger partial charge in [-0.05, 0) is 20.3 Å². The molecule has 8 heteroatoms. The Balaban J connectivity index is 1.91. The molecule has 0 saturated carbocycles. The SMILES string of the molecule is CCc1noc(C)c1C(=O)OCC(=O)Nc1cc(C)on1. The van der Waals surface area contributed by atoms with E-state index < -0.39 is 18.5 Å². The minimum atomic E-state index is -0.642. The van der Waals surface area contributed by atoms with Gasteiger partial charge in [0.25, 0.3) is 5.91 Å². The summed E-state index contributed by atoms with van der Waals surface area (Å²) in [5.74, 6) is 0.0456. The Morgan fingerprint density at radius 3 is 2.67 bits per heavy atom. The molecule has 0 aliphatic carbocycles. The van der Waals surface area contributed by atoms with Crippen molar-refractivity contribution in [1.29, 1.82) is 0 Å². The fraction of sp³-hybridized carbons (Fsp3) is 0.385.